The molecule has 8 nitrogen and oxygen atoms in total. The number of rotatable bonds is 4. The summed E-state index contributed by atoms with van der Waals surface area (Å²) >= 11 is 0. The Kier molecular flexibility index (Phi) is 5.09. The maximum atomic E-state index is 12.7. The van der Waals surface area contributed by atoms with Gasteiger partial charge < -0.3 is 4.90 Å². The van der Waals surface area contributed by atoms with Crippen molar-refractivity contribution in [1.82, 2.24) is 30.5 Å². The highest BCUT2D eigenvalue weighted by molar-refractivity contribution is 5.88. The molecule has 3 heterocycles. The molecule has 1 saturated carbocycles. The highest BCUT2D eigenvalue weighted by Crippen LogP contribution is 2.30. The lowest BCUT2D eigenvalue weighted by Crippen LogP contribution is -2.44. The van der Waals surface area contributed by atoms with Crippen LogP contribution in [0.15, 0.2) is 30.5 Å². The van der Waals surface area contributed by atoms with E-state index in [4.69, 9.17) is 0 Å². The Morgan fingerprint density at radius 2 is 2.15 bits per heavy atom. The number of nitrogens with one attached hydrogen (secondary N) is 3. The second-order valence-corrected chi connectivity index (χ2v) is 7.51. The molecule has 4 rings (SSSR count). The number of aromatic nitrogens is 3. The SMILES string of the molecule is CN(CC1NNC2CCCCC21)C(=O)Nc1cc(-c2ccccn2)nn1C. The minimum atomic E-state index is -0.133. The summed E-state index contributed by atoms with van der Waals surface area (Å²) in [5, 5.41) is 7.41. The van der Waals surface area contributed by atoms with Gasteiger partial charge in [-0.2, -0.15) is 5.10 Å². The zero-order chi connectivity index (χ0) is 18.8. The van der Waals surface area contributed by atoms with Crippen molar-refractivity contribution < 1.29 is 4.79 Å². The average molecular weight is 369 g/mol. The fraction of sp³-hybridized carbons (Fsp3) is 0.526. The third-order valence-electron chi connectivity index (χ3n) is 5.65. The topological polar surface area (TPSA) is 87.1 Å². The van der Waals surface area contributed by atoms with Gasteiger partial charge in [0.25, 0.3) is 0 Å². The summed E-state index contributed by atoms with van der Waals surface area (Å²) in [4.78, 5) is 18.7. The summed E-state index contributed by atoms with van der Waals surface area (Å²) in [7, 11) is 3.65. The summed E-state index contributed by atoms with van der Waals surface area (Å²) in [6, 6.07) is 8.24. The van der Waals surface area contributed by atoms with E-state index in [0.29, 0.717) is 30.4 Å². The van der Waals surface area contributed by atoms with Crippen LogP contribution in [-0.4, -0.2) is 51.4 Å². The summed E-state index contributed by atoms with van der Waals surface area (Å²) in [5.74, 6) is 1.25. The average Bonchev–Trinajstić information content (AvgIpc) is 3.26. The minimum absolute atomic E-state index is 0.133. The molecule has 2 fully saturated rings. The van der Waals surface area contributed by atoms with Gasteiger partial charge in [-0.25, -0.2) is 4.79 Å². The number of carbonyl (C=O) groups is 1. The number of hydrazine groups is 1. The van der Waals surface area contributed by atoms with Crippen LogP contribution in [0, 0.1) is 5.92 Å². The second kappa shape index (κ2) is 7.66. The first kappa shape index (κ1) is 17.9. The van der Waals surface area contributed by atoms with E-state index in [1.54, 1.807) is 15.8 Å². The van der Waals surface area contributed by atoms with E-state index < -0.39 is 0 Å². The maximum Gasteiger partial charge on any atom is 0.322 e. The smallest absolute Gasteiger partial charge is 0.322 e. The molecule has 1 saturated heterocycles. The highest BCUT2D eigenvalue weighted by atomic mass is 16.2. The van der Waals surface area contributed by atoms with Gasteiger partial charge in [0.15, 0.2) is 0 Å². The molecule has 2 amide bonds. The first-order chi connectivity index (χ1) is 13.1. The number of hydrogen-bond acceptors (Lipinski definition) is 5. The molecule has 2 aliphatic rings. The molecule has 0 spiro atoms. The fourth-order valence-electron chi connectivity index (χ4n) is 4.13. The molecule has 3 N–H and O–H groups in total. The number of fused-ring (bicyclic) bond motifs is 1. The Morgan fingerprint density at radius 3 is 2.96 bits per heavy atom. The summed E-state index contributed by atoms with van der Waals surface area (Å²) in [6.07, 6.45) is 6.74. The van der Waals surface area contributed by atoms with Crippen molar-refractivity contribution in [2.75, 3.05) is 18.9 Å². The Morgan fingerprint density at radius 1 is 1.30 bits per heavy atom. The lowest BCUT2D eigenvalue weighted by molar-refractivity contribution is 0.209. The lowest BCUT2D eigenvalue weighted by atomic mass is 9.82. The van der Waals surface area contributed by atoms with Crippen LogP contribution in [0.1, 0.15) is 25.7 Å². The highest BCUT2D eigenvalue weighted by Gasteiger charge is 2.38. The fourth-order valence-corrected chi connectivity index (χ4v) is 4.13. The van der Waals surface area contributed by atoms with Gasteiger partial charge in [0, 0.05) is 45.0 Å². The quantitative estimate of drug-likeness (QED) is 0.767. The van der Waals surface area contributed by atoms with Gasteiger partial charge in [0.2, 0.25) is 0 Å². The van der Waals surface area contributed by atoms with Gasteiger partial charge >= 0.3 is 6.03 Å². The van der Waals surface area contributed by atoms with Crippen LogP contribution in [0.5, 0.6) is 0 Å². The first-order valence-corrected chi connectivity index (χ1v) is 9.60. The van der Waals surface area contributed by atoms with Gasteiger partial charge in [-0.3, -0.25) is 25.8 Å². The van der Waals surface area contributed by atoms with Gasteiger partial charge in [0.1, 0.15) is 11.5 Å². The number of carbonyl (C=O) groups excluding carboxylic acids is 1. The predicted octanol–water partition coefficient (Wildman–Crippen LogP) is 1.98. The van der Waals surface area contributed by atoms with Gasteiger partial charge in [-0.1, -0.05) is 18.9 Å². The van der Waals surface area contributed by atoms with Crippen LogP contribution in [0.4, 0.5) is 10.6 Å². The number of amides is 2. The monoisotopic (exact) mass is 369 g/mol. The number of likely N-dealkylation sites (N-methyl/N-ethyl adjacent to an activating group) is 1. The predicted molar refractivity (Wildman–Crippen MR) is 104 cm³/mol. The van der Waals surface area contributed by atoms with Crippen molar-refractivity contribution in [1.29, 1.82) is 0 Å². The first-order valence-electron chi connectivity index (χ1n) is 9.60. The maximum absolute atomic E-state index is 12.7. The third kappa shape index (κ3) is 3.81. The molecule has 0 radical (unpaired) electrons. The Balaban J connectivity index is 1.38. The minimum Gasteiger partial charge on any atom is -0.326 e. The van der Waals surface area contributed by atoms with Crippen LogP contribution in [-0.2, 0) is 7.05 Å². The van der Waals surface area contributed by atoms with Crippen LogP contribution >= 0.6 is 0 Å². The zero-order valence-electron chi connectivity index (χ0n) is 15.9. The van der Waals surface area contributed by atoms with Crippen molar-refractivity contribution in [3.63, 3.8) is 0 Å². The summed E-state index contributed by atoms with van der Waals surface area (Å²) < 4.78 is 1.67. The molecule has 2 aromatic rings. The van der Waals surface area contributed by atoms with E-state index in [1.165, 1.54) is 25.7 Å². The standard InChI is InChI=1S/C19H27N7O/c1-25(12-17-13-7-3-4-8-14(13)22-23-17)19(27)21-18-11-16(24-26(18)2)15-9-5-6-10-20-15/h5-6,9-11,13-14,17,22-23H,3-4,7-8,12H2,1-2H3,(H,21,27). The molecule has 1 aliphatic heterocycles. The largest absolute Gasteiger partial charge is 0.326 e. The molecule has 2 aromatic heterocycles. The molecule has 3 atom stereocenters. The summed E-state index contributed by atoms with van der Waals surface area (Å²) in [5.41, 5.74) is 8.31. The number of nitrogens with zero attached hydrogens (tertiary/aromatic N) is 4. The van der Waals surface area contributed by atoms with Gasteiger partial charge in [0.05, 0.1) is 5.69 Å². The van der Waals surface area contributed by atoms with E-state index in [0.717, 1.165) is 11.4 Å². The Hall–Kier alpha value is -2.45. The van der Waals surface area contributed by atoms with Crippen molar-refractivity contribution >= 4 is 11.8 Å². The molecular weight excluding hydrogens is 342 g/mol. The van der Waals surface area contributed by atoms with Crippen molar-refractivity contribution in [2.24, 2.45) is 13.0 Å². The van der Waals surface area contributed by atoms with Gasteiger partial charge in [-0.15, -0.1) is 0 Å². The third-order valence-corrected chi connectivity index (χ3v) is 5.65. The molecule has 27 heavy (non-hydrogen) atoms. The molecule has 1 aliphatic carbocycles. The Labute approximate surface area is 159 Å². The van der Waals surface area contributed by atoms with E-state index in [9.17, 15) is 4.79 Å². The molecule has 0 aromatic carbocycles. The van der Waals surface area contributed by atoms with Crippen molar-refractivity contribution in [2.45, 2.75) is 37.8 Å². The van der Waals surface area contributed by atoms with Crippen LogP contribution < -0.4 is 16.2 Å². The second-order valence-electron chi connectivity index (χ2n) is 7.51. The van der Waals surface area contributed by atoms with E-state index in [1.807, 2.05) is 38.4 Å². The van der Waals surface area contributed by atoms with E-state index >= 15 is 0 Å². The number of anilines is 1. The number of pyridine rings is 1. The molecule has 144 valence electrons. The van der Waals surface area contributed by atoms with Crippen molar-refractivity contribution in [3.05, 3.63) is 30.5 Å². The Bertz CT molecular complexity index is 791. The molecule has 0 bridgehead atoms. The van der Waals surface area contributed by atoms with Gasteiger partial charge in [-0.05, 0) is 30.9 Å². The molecule has 8 heteroatoms. The number of aryl methyl sites for hydroxylation is 1. The lowest BCUT2D eigenvalue weighted by Gasteiger charge is -2.29. The van der Waals surface area contributed by atoms with Crippen molar-refractivity contribution in [3.8, 4) is 11.4 Å². The zero-order valence-corrected chi connectivity index (χ0v) is 15.9. The summed E-state index contributed by atoms with van der Waals surface area (Å²) in [6.45, 7) is 0.672. The molecule has 3 unspecified atom stereocenters. The van der Waals surface area contributed by atoms with Crippen LogP contribution in [0.3, 0.4) is 0 Å². The van der Waals surface area contributed by atoms with E-state index in [2.05, 4.69) is 26.3 Å². The number of urea groups is 1. The molecular formula is C19H27N7O. The van der Waals surface area contributed by atoms with E-state index in [-0.39, 0.29) is 6.03 Å². The normalized spacial score (nSPS) is 24.4. The number of hydrogen-bond donors (Lipinski definition) is 3. The van der Waals surface area contributed by atoms with Crippen LogP contribution in [0.25, 0.3) is 11.4 Å². The van der Waals surface area contributed by atoms with Crippen LogP contribution in [0.2, 0.25) is 0 Å².